The predicted octanol–water partition coefficient (Wildman–Crippen LogP) is 2.40. The van der Waals surface area contributed by atoms with E-state index in [9.17, 15) is 29.3 Å². The lowest BCUT2D eigenvalue weighted by Crippen LogP contribution is -2.35. The quantitative estimate of drug-likeness (QED) is 0.168. The summed E-state index contributed by atoms with van der Waals surface area (Å²) < 4.78 is 4.99. The minimum Gasteiger partial charge on any atom is -0.464 e. The van der Waals surface area contributed by atoms with Crippen molar-refractivity contribution in [2.45, 2.75) is 12.8 Å². The van der Waals surface area contributed by atoms with Crippen LogP contribution in [0.15, 0.2) is 48.5 Å². The van der Waals surface area contributed by atoms with Crippen molar-refractivity contribution in [1.82, 2.24) is 4.90 Å². The predicted molar refractivity (Wildman–Crippen MR) is 99.4 cm³/mol. The third-order valence-corrected chi connectivity index (χ3v) is 4.37. The topological polar surface area (TPSA) is 124 Å². The molecule has 0 bridgehead atoms. The summed E-state index contributed by atoms with van der Waals surface area (Å²) in [4.78, 5) is 59.6. The number of carbonyl (C=O) groups is 4. The van der Waals surface area contributed by atoms with Gasteiger partial charge in [0.25, 0.3) is 17.5 Å². The molecule has 0 aliphatic carbocycles. The van der Waals surface area contributed by atoms with Crippen LogP contribution in [0.25, 0.3) is 0 Å². The largest absolute Gasteiger partial charge is 0.464 e. The van der Waals surface area contributed by atoms with Crippen molar-refractivity contribution in [2.75, 3.05) is 13.2 Å². The molecule has 148 valence electrons. The van der Waals surface area contributed by atoms with Crippen molar-refractivity contribution in [3.63, 3.8) is 0 Å². The number of nitrogens with zero attached hydrogens (tertiary/aromatic N) is 2. The molecule has 1 aliphatic rings. The number of esters is 1. The summed E-state index contributed by atoms with van der Waals surface area (Å²) in [6, 6.07) is 12.4. The molecule has 0 aromatic heterocycles. The number of rotatable bonds is 8. The maximum atomic E-state index is 12.4. The lowest BCUT2D eigenvalue weighted by Gasteiger charge is -2.12. The van der Waals surface area contributed by atoms with Gasteiger partial charge in [-0.05, 0) is 12.5 Å². The number of hydrogen-bond donors (Lipinski definition) is 0. The van der Waals surface area contributed by atoms with Crippen LogP contribution < -0.4 is 0 Å². The van der Waals surface area contributed by atoms with Gasteiger partial charge in [-0.2, -0.15) is 0 Å². The van der Waals surface area contributed by atoms with Gasteiger partial charge >= 0.3 is 5.97 Å². The molecular weight excluding hydrogens is 380 g/mol. The molecule has 9 nitrogen and oxygen atoms in total. The number of nitro groups is 1. The van der Waals surface area contributed by atoms with Crippen LogP contribution in [0.5, 0.6) is 0 Å². The Morgan fingerprint density at radius 3 is 2.41 bits per heavy atom. The molecule has 2 aromatic rings. The standard InChI is InChI=1S/C20H16N2O7/c23-16(13-6-2-1-3-7-13)10-5-11-29-17(24)12-21-19(25)14-8-4-9-15(22(27)28)18(14)20(21)26/h1-4,6-9H,5,10-12H2. The zero-order valence-electron chi connectivity index (χ0n) is 15.2. The molecule has 0 unspecified atom stereocenters. The molecule has 9 heteroatoms. The van der Waals surface area contributed by atoms with Crippen LogP contribution in [0, 0.1) is 10.1 Å². The number of carbonyl (C=O) groups excluding carboxylic acids is 4. The van der Waals surface area contributed by atoms with Gasteiger partial charge in [0.2, 0.25) is 0 Å². The Bertz CT molecular complexity index is 1000. The molecule has 0 saturated heterocycles. The zero-order valence-corrected chi connectivity index (χ0v) is 15.2. The second-order valence-electron chi connectivity index (χ2n) is 6.27. The number of hydrogen-bond acceptors (Lipinski definition) is 7. The molecule has 1 heterocycles. The van der Waals surface area contributed by atoms with Gasteiger partial charge in [0.15, 0.2) is 5.78 Å². The number of amides is 2. The Balaban J connectivity index is 1.53. The molecule has 2 aromatic carbocycles. The molecule has 0 radical (unpaired) electrons. The van der Waals surface area contributed by atoms with E-state index in [2.05, 4.69) is 0 Å². The summed E-state index contributed by atoms with van der Waals surface area (Å²) in [7, 11) is 0. The molecule has 0 N–H and O–H groups in total. The maximum absolute atomic E-state index is 12.4. The highest BCUT2D eigenvalue weighted by Gasteiger charge is 2.41. The fourth-order valence-corrected chi connectivity index (χ4v) is 2.97. The first-order valence-electron chi connectivity index (χ1n) is 8.77. The number of fused-ring (bicyclic) bond motifs is 1. The van der Waals surface area contributed by atoms with E-state index in [1.807, 2.05) is 0 Å². The van der Waals surface area contributed by atoms with E-state index >= 15 is 0 Å². The first-order chi connectivity index (χ1) is 13.9. The van der Waals surface area contributed by atoms with Crippen molar-refractivity contribution >= 4 is 29.3 Å². The van der Waals surface area contributed by atoms with E-state index in [0.717, 1.165) is 6.07 Å². The van der Waals surface area contributed by atoms with E-state index in [1.54, 1.807) is 30.3 Å². The fourth-order valence-electron chi connectivity index (χ4n) is 2.97. The Labute approximate surface area is 165 Å². The second-order valence-corrected chi connectivity index (χ2v) is 6.27. The van der Waals surface area contributed by atoms with Crippen LogP contribution >= 0.6 is 0 Å². The van der Waals surface area contributed by atoms with Gasteiger partial charge in [-0.25, -0.2) is 0 Å². The molecular formula is C20H16N2O7. The number of Topliss-reactive ketones (excluding diaryl/α,β-unsaturated/α-hetero) is 1. The SMILES string of the molecule is O=C(CN1C(=O)c2cccc([N+](=O)[O-])c2C1=O)OCCCC(=O)c1ccccc1. The average molecular weight is 396 g/mol. The Hall–Kier alpha value is -3.88. The summed E-state index contributed by atoms with van der Waals surface area (Å²) >= 11 is 0. The highest BCUT2D eigenvalue weighted by Crippen LogP contribution is 2.30. The van der Waals surface area contributed by atoms with Gasteiger partial charge in [0, 0.05) is 18.1 Å². The first-order valence-corrected chi connectivity index (χ1v) is 8.77. The van der Waals surface area contributed by atoms with E-state index in [0.29, 0.717) is 10.5 Å². The van der Waals surface area contributed by atoms with Crippen molar-refractivity contribution < 1.29 is 28.8 Å². The second kappa shape index (κ2) is 8.42. The smallest absolute Gasteiger partial charge is 0.326 e. The monoisotopic (exact) mass is 396 g/mol. The molecule has 0 fully saturated rings. The highest BCUT2D eigenvalue weighted by molar-refractivity contribution is 6.24. The zero-order chi connectivity index (χ0) is 21.0. The fraction of sp³-hybridized carbons (Fsp3) is 0.200. The lowest BCUT2D eigenvalue weighted by atomic mass is 10.1. The summed E-state index contributed by atoms with van der Waals surface area (Å²) in [5, 5.41) is 11.1. The third-order valence-electron chi connectivity index (χ3n) is 4.37. The lowest BCUT2D eigenvalue weighted by molar-refractivity contribution is -0.385. The van der Waals surface area contributed by atoms with Crippen LogP contribution in [0.2, 0.25) is 0 Å². The number of imide groups is 1. The van der Waals surface area contributed by atoms with Gasteiger partial charge < -0.3 is 4.74 Å². The minimum atomic E-state index is -0.909. The van der Waals surface area contributed by atoms with Gasteiger partial charge in [0.1, 0.15) is 12.1 Å². The first kappa shape index (κ1) is 19.9. The van der Waals surface area contributed by atoms with E-state index in [1.165, 1.54) is 12.1 Å². The molecule has 0 saturated carbocycles. The molecule has 2 amide bonds. The van der Waals surface area contributed by atoms with Crippen molar-refractivity contribution in [1.29, 1.82) is 0 Å². The maximum Gasteiger partial charge on any atom is 0.326 e. The van der Waals surface area contributed by atoms with Crippen LogP contribution in [0.1, 0.15) is 43.9 Å². The van der Waals surface area contributed by atoms with Crippen molar-refractivity contribution in [2.24, 2.45) is 0 Å². The highest BCUT2D eigenvalue weighted by atomic mass is 16.6. The Morgan fingerprint density at radius 1 is 1.00 bits per heavy atom. The summed E-state index contributed by atoms with van der Waals surface area (Å²) in [5.74, 6) is -2.62. The third kappa shape index (κ3) is 4.18. The number of ketones is 1. The summed E-state index contributed by atoms with van der Waals surface area (Å²) in [5.41, 5.74) is -0.378. The van der Waals surface area contributed by atoms with Crippen LogP contribution in [-0.2, 0) is 9.53 Å². The van der Waals surface area contributed by atoms with Crippen LogP contribution in [-0.4, -0.2) is 46.5 Å². The minimum absolute atomic E-state index is 0.0548. The number of benzene rings is 2. The van der Waals surface area contributed by atoms with Gasteiger partial charge in [-0.3, -0.25) is 34.2 Å². The molecule has 0 atom stereocenters. The van der Waals surface area contributed by atoms with E-state index < -0.39 is 34.9 Å². The summed E-state index contributed by atoms with van der Waals surface area (Å²) in [6.07, 6.45) is 0.462. The normalized spacial score (nSPS) is 12.6. The molecule has 29 heavy (non-hydrogen) atoms. The van der Waals surface area contributed by atoms with Gasteiger partial charge in [-0.1, -0.05) is 36.4 Å². The van der Waals surface area contributed by atoms with Crippen molar-refractivity contribution in [3.8, 4) is 0 Å². The average Bonchev–Trinajstić information content (AvgIpc) is 2.96. The van der Waals surface area contributed by atoms with Crippen molar-refractivity contribution in [3.05, 3.63) is 75.3 Å². The number of nitro benzene ring substituents is 1. The van der Waals surface area contributed by atoms with Crippen LogP contribution in [0.4, 0.5) is 5.69 Å². The van der Waals surface area contributed by atoms with Gasteiger partial charge in [0.05, 0.1) is 17.1 Å². The van der Waals surface area contributed by atoms with Gasteiger partial charge in [-0.15, -0.1) is 0 Å². The number of ether oxygens (including phenoxy) is 1. The molecule has 1 aliphatic heterocycles. The van der Waals surface area contributed by atoms with E-state index in [-0.39, 0.29) is 36.4 Å². The molecule has 3 rings (SSSR count). The summed E-state index contributed by atoms with van der Waals surface area (Å²) in [6.45, 7) is -0.711. The Morgan fingerprint density at radius 2 is 1.72 bits per heavy atom. The van der Waals surface area contributed by atoms with E-state index in [4.69, 9.17) is 4.74 Å². The van der Waals surface area contributed by atoms with Crippen LogP contribution in [0.3, 0.4) is 0 Å². The molecule has 0 spiro atoms. The Kier molecular flexibility index (Phi) is 5.77.